The van der Waals surface area contributed by atoms with Gasteiger partial charge in [0.1, 0.15) is 0 Å². The van der Waals surface area contributed by atoms with Crippen molar-refractivity contribution in [3.63, 3.8) is 0 Å². The molecule has 1 aliphatic heterocycles. The van der Waals surface area contributed by atoms with Crippen LogP contribution in [0.5, 0.6) is 0 Å². The molecule has 0 saturated carbocycles. The summed E-state index contributed by atoms with van der Waals surface area (Å²) in [5, 5.41) is 3.03. The van der Waals surface area contributed by atoms with Gasteiger partial charge >= 0.3 is 0 Å². The SMILES string of the molecule is C1=CC2Sc3c(C4=CC=C(N(c5ccc6c(c5)c5ccccc5n6-c5ccccc5)C5C=CC(c6ccc(N(c7ccccc7)c7ccc8c(c7)C=CCC8)cc6)=CC5)CC4)cccc3C2C=C1. The lowest BCUT2D eigenvalue weighted by molar-refractivity contribution is 0.724. The second kappa shape index (κ2) is 17.3. The van der Waals surface area contributed by atoms with Gasteiger partial charge in [-0.2, -0.15) is 0 Å². The fraction of sp³-hybridized carbons (Fsp3) is 0.125. The first-order valence-electron chi connectivity index (χ1n) is 24.3. The second-order valence-electron chi connectivity index (χ2n) is 18.6. The summed E-state index contributed by atoms with van der Waals surface area (Å²) in [5.74, 6) is 0.462. The van der Waals surface area contributed by atoms with Gasteiger partial charge in [-0.15, -0.1) is 11.8 Å². The Labute approximate surface area is 403 Å². The summed E-state index contributed by atoms with van der Waals surface area (Å²) >= 11 is 2.04. The minimum atomic E-state index is 0.156. The highest BCUT2D eigenvalue weighted by atomic mass is 32.2. The molecule has 1 aromatic heterocycles. The summed E-state index contributed by atoms with van der Waals surface area (Å²) in [6.07, 6.45) is 30.9. The van der Waals surface area contributed by atoms with Crippen molar-refractivity contribution < 1.29 is 0 Å². The van der Waals surface area contributed by atoms with Crippen LogP contribution in [-0.2, 0) is 6.42 Å². The molecule has 5 aliphatic rings. The monoisotopic (exact) mass is 893 g/mol. The van der Waals surface area contributed by atoms with Crippen molar-refractivity contribution in [3.8, 4) is 5.69 Å². The maximum Gasteiger partial charge on any atom is 0.0557 e. The first kappa shape index (κ1) is 40.7. The molecular weight excluding hydrogens is 843 g/mol. The normalized spacial score (nSPS) is 19.0. The molecule has 3 nitrogen and oxygen atoms in total. The molecule has 4 aliphatic carbocycles. The number of nitrogens with zero attached hydrogens (tertiary/aromatic N) is 3. The molecule has 7 aromatic carbocycles. The number of aryl methyl sites for hydroxylation is 1. The number of aromatic nitrogens is 1. The van der Waals surface area contributed by atoms with Crippen molar-refractivity contribution in [2.24, 2.45) is 0 Å². The van der Waals surface area contributed by atoms with Crippen LogP contribution in [0.15, 0.2) is 235 Å². The van der Waals surface area contributed by atoms with E-state index < -0.39 is 0 Å². The van der Waals surface area contributed by atoms with Crippen molar-refractivity contribution >= 4 is 73.5 Å². The zero-order valence-corrected chi connectivity index (χ0v) is 38.8. The number of benzene rings is 7. The first-order chi connectivity index (χ1) is 33.7. The minimum Gasteiger partial charge on any atom is -0.338 e. The molecular formula is C64H51N3S. The van der Waals surface area contributed by atoms with Crippen LogP contribution in [-0.4, -0.2) is 15.9 Å². The van der Waals surface area contributed by atoms with Gasteiger partial charge in [0.15, 0.2) is 0 Å². The molecule has 0 bridgehead atoms. The molecule has 0 N–H and O–H groups in total. The molecule has 8 aromatic rings. The molecule has 0 saturated heterocycles. The van der Waals surface area contributed by atoms with E-state index in [4.69, 9.17) is 0 Å². The van der Waals surface area contributed by atoms with Crippen molar-refractivity contribution in [2.75, 3.05) is 9.80 Å². The standard InChI is InChI=1S/C64H51N3S/c1-3-16-49(17-4-1)65(54-39-30-44-14-7-8-15-48(44)42-54)51-33-26-45(27-34-51)46-28-35-52(36-29-46)66(53-37-31-47(32-38-53)56-22-13-23-59-58-21-10-12-25-63(58)68-64(56)59)55-40-41-62-60(43-55)57-20-9-11-24-61(57)67(62)50-18-5-2-6-19-50/h1-6,8-13,15-31,33-35,37,39-43,52,58,63H,7,14,32,36,38H2. The number of hydrogen-bond acceptors (Lipinski definition) is 3. The molecule has 0 radical (unpaired) electrons. The molecule has 4 heteroatoms. The maximum absolute atomic E-state index is 2.63. The van der Waals surface area contributed by atoms with Gasteiger partial charge in [0, 0.05) is 61.0 Å². The Balaban J connectivity index is 0.847. The zero-order chi connectivity index (χ0) is 45.0. The highest BCUT2D eigenvalue weighted by molar-refractivity contribution is 8.00. The van der Waals surface area contributed by atoms with Crippen molar-refractivity contribution in [3.05, 3.63) is 258 Å². The topological polar surface area (TPSA) is 11.4 Å². The van der Waals surface area contributed by atoms with Crippen molar-refractivity contribution in [1.82, 2.24) is 4.57 Å². The third-order valence-electron chi connectivity index (χ3n) is 14.6. The van der Waals surface area contributed by atoms with Crippen LogP contribution in [0, 0.1) is 0 Å². The van der Waals surface area contributed by atoms with Gasteiger partial charge in [-0.05, 0) is 150 Å². The number of thioether (sulfide) groups is 1. The Bertz CT molecular complexity index is 3470. The lowest BCUT2D eigenvalue weighted by atomic mass is 9.88. The van der Waals surface area contributed by atoms with Crippen LogP contribution in [0.3, 0.4) is 0 Å². The number of anilines is 4. The molecule has 0 amide bonds. The van der Waals surface area contributed by atoms with E-state index in [-0.39, 0.29) is 6.04 Å². The van der Waals surface area contributed by atoms with Gasteiger partial charge in [0.05, 0.1) is 17.1 Å². The van der Waals surface area contributed by atoms with Gasteiger partial charge in [0.2, 0.25) is 0 Å². The second-order valence-corrected chi connectivity index (χ2v) is 19.8. The van der Waals surface area contributed by atoms with Gasteiger partial charge in [-0.1, -0.05) is 152 Å². The molecule has 3 unspecified atom stereocenters. The molecule has 13 rings (SSSR count). The maximum atomic E-state index is 2.63. The van der Waals surface area contributed by atoms with E-state index >= 15 is 0 Å². The van der Waals surface area contributed by atoms with Crippen LogP contribution in [0.1, 0.15) is 59.4 Å². The number of hydrogen-bond donors (Lipinski definition) is 0. The summed E-state index contributed by atoms with van der Waals surface area (Å²) in [6.45, 7) is 0. The van der Waals surface area contributed by atoms with Crippen molar-refractivity contribution in [2.45, 2.75) is 54.2 Å². The van der Waals surface area contributed by atoms with Crippen LogP contribution in [0.4, 0.5) is 22.7 Å². The van der Waals surface area contributed by atoms with Crippen LogP contribution in [0.25, 0.3) is 44.7 Å². The van der Waals surface area contributed by atoms with E-state index in [0.29, 0.717) is 11.2 Å². The number of rotatable bonds is 9. The number of para-hydroxylation sites is 3. The van der Waals surface area contributed by atoms with E-state index in [0.717, 1.165) is 43.5 Å². The summed E-state index contributed by atoms with van der Waals surface area (Å²) in [7, 11) is 0. The average molecular weight is 894 g/mol. The lowest BCUT2D eigenvalue weighted by Crippen LogP contribution is -2.34. The Hall–Kier alpha value is -7.53. The molecule has 2 heterocycles. The highest BCUT2D eigenvalue weighted by Gasteiger charge is 2.34. The summed E-state index contributed by atoms with van der Waals surface area (Å²) in [4.78, 5) is 6.47. The molecule has 0 fully saturated rings. The molecule has 3 atom stereocenters. The largest absolute Gasteiger partial charge is 0.338 e. The van der Waals surface area contributed by atoms with E-state index in [1.54, 1.807) is 0 Å². The van der Waals surface area contributed by atoms with E-state index in [9.17, 15) is 0 Å². The van der Waals surface area contributed by atoms with E-state index in [1.165, 1.54) is 88.4 Å². The third kappa shape index (κ3) is 7.23. The number of allylic oxidation sites excluding steroid dienone is 10. The van der Waals surface area contributed by atoms with E-state index in [2.05, 4.69) is 245 Å². The number of fused-ring (bicyclic) bond motifs is 7. The summed E-state index contributed by atoms with van der Waals surface area (Å²) < 4.78 is 2.41. The Morgan fingerprint density at radius 3 is 2.19 bits per heavy atom. The predicted molar refractivity (Wildman–Crippen MR) is 290 cm³/mol. The average Bonchev–Trinajstić information content (AvgIpc) is 3.96. The zero-order valence-electron chi connectivity index (χ0n) is 38.0. The van der Waals surface area contributed by atoms with Gasteiger partial charge in [-0.3, -0.25) is 0 Å². The Morgan fingerprint density at radius 2 is 1.35 bits per heavy atom. The minimum absolute atomic E-state index is 0.156. The Kier molecular flexibility index (Phi) is 10.3. The molecule has 68 heavy (non-hydrogen) atoms. The third-order valence-corrected chi connectivity index (χ3v) is 16.0. The van der Waals surface area contributed by atoms with Gasteiger partial charge in [-0.25, -0.2) is 0 Å². The predicted octanol–water partition coefficient (Wildman–Crippen LogP) is 16.9. The summed E-state index contributed by atoms with van der Waals surface area (Å²) in [6, 6.07) is 60.7. The smallest absolute Gasteiger partial charge is 0.0557 e. The first-order valence-corrected chi connectivity index (χ1v) is 25.2. The molecule has 0 spiro atoms. The van der Waals surface area contributed by atoms with Crippen LogP contribution < -0.4 is 9.80 Å². The van der Waals surface area contributed by atoms with Gasteiger partial charge in [0.25, 0.3) is 0 Å². The quantitative estimate of drug-likeness (QED) is 0.143. The fourth-order valence-corrected chi connectivity index (χ4v) is 12.8. The fourth-order valence-electron chi connectivity index (χ4n) is 11.3. The molecule has 328 valence electrons. The van der Waals surface area contributed by atoms with Gasteiger partial charge < -0.3 is 14.4 Å². The van der Waals surface area contributed by atoms with Crippen molar-refractivity contribution in [1.29, 1.82) is 0 Å². The van der Waals surface area contributed by atoms with Crippen LogP contribution in [0.2, 0.25) is 0 Å². The van der Waals surface area contributed by atoms with E-state index in [1.807, 2.05) is 11.8 Å². The summed E-state index contributed by atoms with van der Waals surface area (Å²) in [5.41, 5.74) is 19.2. The Morgan fingerprint density at radius 1 is 0.574 bits per heavy atom. The lowest BCUT2D eigenvalue weighted by Gasteiger charge is -2.36. The highest BCUT2D eigenvalue weighted by Crippen LogP contribution is 2.52. The van der Waals surface area contributed by atoms with Crippen LogP contribution >= 0.6 is 11.8 Å².